The van der Waals surface area contributed by atoms with Crippen LogP contribution in [-0.4, -0.2) is 35.7 Å². The number of aromatic nitrogens is 2. The van der Waals surface area contributed by atoms with Gasteiger partial charge in [-0.3, -0.25) is 4.68 Å². The molecule has 0 saturated carbocycles. The summed E-state index contributed by atoms with van der Waals surface area (Å²) in [5, 5.41) is 7.48. The third-order valence-corrected chi connectivity index (χ3v) is 5.55. The summed E-state index contributed by atoms with van der Waals surface area (Å²) in [5.41, 5.74) is 0.912. The van der Waals surface area contributed by atoms with Crippen LogP contribution in [0.2, 0.25) is 0 Å². The Kier molecular flexibility index (Phi) is 4.55. The molecule has 5 nitrogen and oxygen atoms in total. The lowest BCUT2D eigenvalue weighted by Crippen LogP contribution is -2.45. The second-order valence-electron chi connectivity index (χ2n) is 4.94. The summed E-state index contributed by atoms with van der Waals surface area (Å²) < 4.78 is 24.9. The van der Waals surface area contributed by atoms with Crippen LogP contribution in [0.1, 0.15) is 39.4 Å². The molecule has 0 fully saturated rings. The Balaban J connectivity index is 3.27. The van der Waals surface area contributed by atoms with E-state index in [9.17, 15) is 8.42 Å². The lowest BCUT2D eigenvalue weighted by Gasteiger charge is -2.33. The molecule has 0 bridgehead atoms. The number of rotatable bonds is 6. The lowest BCUT2D eigenvalue weighted by atomic mass is 9.99. The number of aryl methyl sites for hydroxylation is 1. The molecule has 1 N–H and O–H groups in total. The standard InChI is InChI=1S/C12H23N3O2S/c1-6-13-11(12(3,4)18(5,16)17)10-8-9-14-15(10)7-2/h8-9,11,13H,6-7H2,1-5H3. The van der Waals surface area contributed by atoms with Crippen LogP contribution in [0.5, 0.6) is 0 Å². The predicted octanol–water partition coefficient (Wildman–Crippen LogP) is 1.38. The minimum Gasteiger partial charge on any atom is -0.308 e. The van der Waals surface area contributed by atoms with Gasteiger partial charge in [-0.25, -0.2) is 8.42 Å². The van der Waals surface area contributed by atoms with E-state index in [0.717, 1.165) is 12.2 Å². The first kappa shape index (κ1) is 15.2. The van der Waals surface area contributed by atoms with Crippen LogP contribution in [0, 0.1) is 0 Å². The Morgan fingerprint density at radius 1 is 1.44 bits per heavy atom. The van der Waals surface area contributed by atoms with Crippen molar-refractivity contribution in [2.75, 3.05) is 12.8 Å². The second kappa shape index (κ2) is 5.40. The van der Waals surface area contributed by atoms with Gasteiger partial charge >= 0.3 is 0 Å². The van der Waals surface area contributed by atoms with Gasteiger partial charge in [0.25, 0.3) is 0 Å². The zero-order valence-corrected chi connectivity index (χ0v) is 12.6. The second-order valence-corrected chi connectivity index (χ2v) is 7.53. The maximum Gasteiger partial charge on any atom is 0.154 e. The van der Waals surface area contributed by atoms with Gasteiger partial charge in [-0.05, 0) is 33.4 Å². The molecule has 0 aliphatic heterocycles. The Hall–Kier alpha value is -0.880. The van der Waals surface area contributed by atoms with Crippen molar-refractivity contribution in [3.63, 3.8) is 0 Å². The maximum absolute atomic E-state index is 12.0. The van der Waals surface area contributed by atoms with Crippen molar-refractivity contribution < 1.29 is 8.42 Å². The van der Waals surface area contributed by atoms with E-state index in [1.54, 1.807) is 20.0 Å². The van der Waals surface area contributed by atoms with E-state index in [2.05, 4.69) is 10.4 Å². The van der Waals surface area contributed by atoms with Gasteiger partial charge in [-0.2, -0.15) is 5.10 Å². The average Bonchev–Trinajstić information content (AvgIpc) is 2.71. The first-order chi connectivity index (χ1) is 8.25. The smallest absolute Gasteiger partial charge is 0.154 e. The number of nitrogens with zero attached hydrogens (tertiary/aromatic N) is 2. The fraction of sp³-hybridized carbons (Fsp3) is 0.750. The third-order valence-electron chi connectivity index (χ3n) is 3.40. The molecule has 1 aromatic heterocycles. The number of hydrogen-bond donors (Lipinski definition) is 1. The zero-order valence-electron chi connectivity index (χ0n) is 11.8. The Bertz CT molecular complexity index is 491. The molecule has 104 valence electrons. The normalized spacial score (nSPS) is 14.7. The average molecular weight is 273 g/mol. The topological polar surface area (TPSA) is 64.0 Å². The minimum atomic E-state index is -3.18. The van der Waals surface area contributed by atoms with Crippen LogP contribution in [0.25, 0.3) is 0 Å². The summed E-state index contributed by atoms with van der Waals surface area (Å²) in [6.45, 7) is 8.90. The molecule has 0 aliphatic carbocycles. The van der Waals surface area contributed by atoms with Gasteiger partial charge < -0.3 is 5.32 Å². The summed E-state index contributed by atoms with van der Waals surface area (Å²) >= 11 is 0. The highest BCUT2D eigenvalue weighted by Crippen LogP contribution is 2.32. The molecule has 0 aliphatic rings. The van der Waals surface area contributed by atoms with E-state index in [-0.39, 0.29) is 6.04 Å². The monoisotopic (exact) mass is 273 g/mol. The molecule has 0 spiro atoms. The molecule has 0 aromatic carbocycles. The Morgan fingerprint density at radius 2 is 2.06 bits per heavy atom. The van der Waals surface area contributed by atoms with Gasteiger partial charge in [0, 0.05) is 19.0 Å². The van der Waals surface area contributed by atoms with Crippen LogP contribution < -0.4 is 5.32 Å². The van der Waals surface area contributed by atoms with E-state index in [1.165, 1.54) is 6.26 Å². The highest BCUT2D eigenvalue weighted by Gasteiger charge is 2.40. The van der Waals surface area contributed by atoms with Crippen molar-refractivity contribution in [2.24, 2.45) is 0 Å². The summed E-state index contributed by atoms with van der Waals surface area (Å²) in [5.74, 6) is 0. The first-order valence-electron chi connectivity index (χ1n) is 6.20. The van der Waals surface area contributed by atoms with Gasteiger partial charge in [-0.15, -0.1) is 0 Å². The van der Waals surface area contributed by atoms with Crippen molar-refractivity contribution in [3.05, 3.63) is 18.0 Å². The van der Waals surface area contributed by atoms with Gasteiger partial charge in [0.05, 0.1) is 16.5 Å². The van der Waals surface area contributed by atoms with E-state index >= 15 is 0 Å². The molecule has 1 unspecified atom stereocenters. The number of sulfone groups is 1. The summed E-state index contributed by atoms with van der Waals surface area (Å²) in [6.07, 6.45) is 2.99. The third kappa shape index (κ3) is 2.75. The molecule has 6 heteroatoms. The van der Waals surface area contributed by atoms with Crippen molar-refractivity contribution in [1.29, 1.82) is 0 Å². The molecule has 1 heterocycles. The van der Waals surface area contributed by atoms with Crippen molar-refractivity contribution in [1.82, 2.24) is 15.1 Å². The molecule has 0 amide bonds. The van der Waals surface area contributed by atoms with Gasteiger partial charge in [0.1, 0.15) is 0 Å². The Morgan fingerprint density at radius 3 is 2.50 bits per heavy atom. The highest BCUT2D eigenvalue weighted by atomic mass is 32.2. The molecule has 1 atom stereocenters. The highest BCUT2D eigenvalue weighted by molar-refractivity contribution is 7.92. The maximum atomic E-state index is 12.0. The largest absolute Gasteiger partial charge is 0.308 e. The molecule has 1 aromatic rings. The molecular formula is C12H23N3O2S. The SMILES string of the molecule is CCNC(c1ccnn1CC)C(C)(C)S(C)(=O)=O. The summed E-state index contributed by atoms with van der Waals surface area (Å²) in [7, 11) is -3.18. The Labute approximate surface area is 109 Å². The van der Waals surface area contributed by atoms with Crippen molar-refractivity contribution in [2.45, 2.75) is 45.0 Å². The van der Waals surface area contributed by atoms with Crippen LogP contribution in [0.4, 0.5) is 0 Å². The van der Waals surface area contributed by atoms with Crippen molar-refractivity contribution >= 4 is 9.84 Å². The fourth-order valence-electron chi connectivity index (χ4n) is 1.98. The molecule has 1 rings (SSSR count). The minimum absolute atomic E-state index is 0.264. The van der Waals surface area contributed by atoms with Crippen LogP contribution >= 0.6 is 0 Å². The van der Waals surface area contributed by atoms with Crippen LogP contribution in [0.15, 0.2) is 12.3 Å². The predicted molar refractivity (Wildman–Crippen MR) is 73.2 cm³/mol. The van der Waals surface area contributed by atoms with Gasteiger partial charge in [0.2, 0.25) is 0 Å². The van der Waals surface area contributed by atoms with E-state index in [0.29, 0.717) is 6.54 Å². The quantitative estimate of drug-likeness (QED) is 0.850. The molecular weight excluding hydrogens is 250 g/mol. The van der Waals surface area contributed by atoms with Crippen LogP contribution in [0.3, 0.4) is 0 Å². The lowest BCUT2D eigenvalue weighted by molar-refractivity contribution is 0.401. The summed E-state index contributed by atoms with van der Waals surface area (Å²) in [6, 6.07) is 1.61. The molecule has 18 heavy (non-hydrogen) atoms. The van der Waals surface area contributed by atoms with Crippen LogP contribution in [-0.2, 0) is 16.4 Å². The van der Waals surface area contributed by atoms with Gasteiger partial charge in [-0.1, -0.05) is 6.92 Å². The number of nitrogens with one attached hydrogen (secondary N) is 1. The molecule has 0 saturated heterocycles. The number of hydrogen-bond acceptors (Lipinski definition) is 4. The van der Waals surface area contributed by atoms with E-state index < -0.39 is 14.6 Å². The van der Waals surface area contributed by atoms with Gasteiger partial charge in [0.15, 0.2) is 9.84 Å². The first-order valence-corrected chi connectivity index (χ1v) is 8.09. The van der Waals surface area contributed by atoms with Crippen molar-refractivity contribution in [3.8, 4) is 0 Å². The van der Waals surface area contributed by atoms with E-state index in [1.807, 2.05) is 24.6 Å². The van der Waals surface area contributed by atoms with E-state index in [4.69, 9.17) is 0 Å². The molecule has 0 radical (unpaired) electrons. The summed E-state index contributed by atoms with van der Waals surface area (Å²) in [4.78, 5) is 0. The zero-order chi connectivity index (χ0) is 14.0. The fourth-order valence-corrected chi connectivity index (χ4v) is 2.61.